The first-order chi connectivity index (χ1) is 11.4. The zero-order valence-corrected chi connectivity index (χ0v) is 13.8. The zero-order valence-electron chi connectivity index (χ0n) is 12.9. The first-order valence-electron chi connectivity index (χ1n) is 7.36. The highest BCUT2D eigenvalue weighted by Crippen LogP contribution is 2.42. The largest absolute Gasteiger partial charge is 0.383 e. The smallest absolute Gasteiger partial charge is 0.232 e. The normalized spacial score (nSPS) is 14.3. The van der Waals surface area contributed by atoms with Crippen LogP contribution in [-0.2, 0) is 16.4 Å². The molecular formula is C15H16N6O2S. The second-order valence-corrected chi connectivity index (χ2v) is 7.70. The van der Waals surface area contributed by atoms with E-state index in [1.807, 2.05) is 18.2 Å². The molecule has 5 N–H and O–H groups in total. The summed E-state index contributed by atoms with van der Waals surface area (Å²) < 4.78 is 25.7. The quantitative estimate of drug-likeness (QED) is 0.638. The molecule has 0 amide bonds. The Morgan fingerprint density at radius 1 is 1.21 bits per heavy atom. The molecule has 0 bridgehead atoms. The van der Waals surface area contributed by atoms with Crippen LogP contribution in [0.1, 0.15) is 5.56 Å². The molecule has 2 aromatic heterocycles. The maximum Gasteiger partial charge on any atom is 0.232 e. The summed E-state index contributed by atoms with van der Waals surface area (Å²) in [5.41, 5.74) is 15.4. The number of aromatic nitrogens is 3. The van der Waals surface area contributed by atoms with Crippen molar-refractivity contribution in [2.75, 3.05) is 28.6 Å². The molecule has 24 heavy (non-hydrogen) atoms. The van der Waals surface area contributed by atoms with E-state index in [1.54, 1.807) is 6.20 Å². The number of nitrogen functional groups attached to an aromatic ring is 2. The van der Waals surface area contributed by atoms with Crippen molar-refractivity contribution >= 4 is 38.5 Å². The van der Waals surface area contributed by atoms with Crippen molar-refractivity contribution in [1.82, 2.24) is 15.0 Å². The van der Waals surface area contributed by atoms with Crippen LogP contribution in [0, 0.1) is 0 Å². The molecule has 0 unspecified atom stereocenters. The summed E-state index contributed by atoms with van der Waals surface area (Å²) in [5, 5.41) is 0.637. The lowest BCUT2D eigenvalue weighted by Crippen LogP contribution is -2.27. The van der Waals surface area contributed by atoms with Crippen molar-refractivity contribution in [3.05, 3.63) is 30.0 Å². The molecule has 0 radical (unpaired) electrons. The van der Waals surface area contributed by atoms with Crippen LogP contribution < -0.4 is 15.8 Å². The number of fused-ring (bicyclic) bond motifs is 2. The second kappa shape index (κ2) is 4.84. The van der Waals surface area contributed by atoms with Gasteiger partial charge in [-0.25, -0.2) is 8.42 Å². The van der Waals surface area contributed by atoms with Gasteiger partial charge in [-0.3, -0.25) is 4.31 Å². The number of rotatable bonds is 2. The van der Waals surface area contributed by atoms with Crippen molar-refractivity contribution in [3.8, 4) is 11.1 Å². The Bertz CT molecular complexity index is 1070. The van der Waals surface area contributed by atoms with Gasteiger partial charge in [0.2, 0.25) is 16.0 Å². The van der Waals surface area contributed by atoms with Crippen molar-refractivity contribution in [3.63, 3.8) is 0 Å². The van der Waals surface area contributed by atoms with Crippen molar-refractivity contribution < 1.29 is 8.42 Å². The van der Waals surface area contributed by atoms with E-state index in [1.165, 1.54) is 10.6 Å². The van der Waals surface area contributed by atoms with Gasteiger partial charge < -0.3 is 16.5 Å². The molecule has 3 aromatic rings. The molecule has 0 atom stereocenters. The molecular weight excluding hydrogens is 328 g/mol. The van der Waals surface area contributed by atoms with Gasteiger partial charge in [-0.15, -0.1) is 0 Å². The number of hydrogen-bond donors (Lipinski definition) is 3. The summed E-state index contributed by atoms with van der Waals surface area (Å²) in [7, 11) is -3.36. The van der Waals surface area contributed by atoms with E-state index >= 15 is 0 Å². The van der Waals surface area contributed by atoms with Gasteiger partial charge in [0.15, 0.2) is 0 Å². The highest BCUT2D eigenvalue weighted by molar-refractivity contribution is 7.92. The summed E-state index contributed by atoms with van der Waals surface area (Å²) in [6, 6.07) is 5.73. The lowest BCUT2D eigenvalue weighted by Gasteiger charge is -2.19. The van der Waals surface area contributed by atoms with Crippen LogP contribution in [0.25, 0.3) is 22.2 Å². The molecule has 3 heterocycles. The third-order valence-electron chi connectivity index (χ3n) is 4.22. The number of para-hydroxylation sites is 1. The van der Waals surface area contributed by atoms with Gasteiger partial charge in [-0.2, -0.15) is 9.97 Å². The maximum absolute atomic E-state index is 12.1. The third-order valence-corrected chi connectivity index (χ3v) is 5.39. The van der Waals surface area contributed by atoms with Gasteiger partial charge >= 0.3 is 0 Å². The fourth-order valence-electron chi connectivity index (χ4n) is 3.26. The Kier molecular flexibility index (Phi) is 2.98. The monoisotopic (exact) mass is 344 g/mol. The number of H-pyrrole nitrogens is 1. The summed E-state index contributed by atoms with van der Waals surface area (Å²) >= 11 is 0. The fourth-order valence-corrected chi connectivity index (χ4v) is 4.23. The van der Waals surface area contributed by atoms with Gasteiger partial charge in [-0.1, -0.05) is 18.2 Å². The number of nitrogens with zero attached hydrogens (tertiary/aromatic N) is 3. The fraction of sp³-hybridized carbons (Fsp3) is 0.200. The van der Waals surface area contributed by atoms with Crippen molar-refractivity contribution in [1.29, 1.82) is 0 Å². The van der Waals surface area contributed by atoms with Crippen LogP contribution in [0.2, 0.25) is 0 Å². The van der Waals surface area contributed by atoms with Gasteiger partial charge in [0.1, 0.15) is 11.5 Å². The van der Waals surface area contributed by atoms with Crippen LogP contribution in [0.15, 0.2) is 24.4 Å². The Morgan fingerprint density at radius 3 is 2.75 bits per heavy atom. The zero-order chi connectivity index (χ0) is 17.1. The average Bonchev–Trinajstić information content (AvgIpc) is 3.09. The van der Waals surface area contributed by atoms with E-state index in [-0.39, 0.29) is 11.8 Å². The second-order valence-electron chi connectivity index (χ2n) is 5.79. The first kappa shape index (κ1) is 14.8. The van der Waals surface area contributed by atoms with Gasteiger partial charge in [0.25, 0.3) is 0 Å². The molecule has 1 aliphatic rings. The molecule has 0 spiro atoms. The van der Waals surface area contributed by atoms with Crippen LogP contribution >= 0.6 is 0 Å². The number of sulfonamides is 1. The average molecular weight is 344 g/mol. The topological polar surface area (TPSA) is 131 Å². The molecule has 124 valence electrons. The van der Waals surface area contributed by atoms with Gasteiger partial charge in [-0.05, 0) is 12.0 Å². The minimum Gasteiger partial charge on any atom is -0.383 e. The van der Waals surface area contributed by atoms with Crippen molar-refractivity contribution in [2.24, 2.45) is 0 Å². The van der Waals surface area contributed by atoms with Crippen LogP contribution in [0.5, 0.6) is 0 Å². The lowest BCUT2D eigenvalue weighted by molar-refractivity contribution is 0.598. The van der Waals surface area contributed by atoms with Crippen LogP contribution in [0.3, 0.4) is 0 Å². The summed E-state index contributed by atoms with van der Waals surface area (Å²) in [6.45, 7) is 0.437. The summed E-state index contributed by atoms with van der Waals surface area (Å²) in [5.74, 6) is 0.347. The Morgan fingerprint density at radius 2 is 2.00 bits per heavy atom. The van der Waals surface area contributed by atoms with E-state index in [4.69, 9.17) is 11.5 Å². The van der Waals surface area contributed by atoms with E-state index in [9.17, 15) is 8.42 Å². The van der Waals surface area contributed by atoms with E-state index in [0.717, 1.165) is 16.7 Å². The Labute approximate surface area is 138 Å². The Hall–Kier alpha value is -2.81. The number of aromatic amines is 1. The molecule has 0 saturated heterocycles. The highest BCUT2D eigenvalue weighted by Gasteiger charge is 2.30. The predicted molar refractivity (Wildman–Crippen MR) is 94.0 cm³/mol. The van der Waals surface area contributed by atoms with Crippen LogP contribution in [-0.4, -0.2) is 36.2 Å². The number of nitrogens with one attached hydrogen (secondary N) is 1. The Balaban J connectivity index is 2.02. The molecule has 0 saturated carbocycles. The number of anilines is 3. The standard InChI is InChI=1S/C15H16N6O2S/c1-24(22,23)21-6-5-8-3-2-4-9(12(8)21)10-7-18-14-11(10)13(16)19-15(17)20-14/h2-4,7H,5-6H2,1H3,(H5,16,17,18,19,20). The highest BCUT2D eigenvalue weighted by atomic mass is 32.2. The van der Waals surface area contributed by atoms with Crippen LogP contribution in [0.4, 0.5) is 17.5 Å². The third kappa shape index (κ3) is 2.08. The number of benzene rings is 1. The minimum absolute atomic E-state index is 0.0875. The maximum atomic E-state index is 12.1. The van der Waals surface area contributed by atoms with E-state index in [2.05, 4.69) is 15.0 Å². The number of hydrogen-bond acceptors (Lipinski definition) is 6. The molecule has 4 rings (SSSR count). The molecule has 8 nitrogen and oxygen atoms in total. The summed E-state index contributed by atoms with van der Waals surface area (Å²) in [4.78, 5) is 11.2. The van der Waals surface area contributed by atoms with E-state index in [0.29, 0.717) is 29.7 Å². The molecule has 1 aromatic carbocycles. The van der Waals surface area contributed by atoms with Gasteiger partial charge in [0.05, 0.1) is 17.3 Å². The van der Waals surface area contributed by atoms with Gasteiger partial charge in [0, 0.05) is 23.9 Å². The van der Waals surface area contributed by atoms with Crippen molar-refractivity contribution in [2.45, 2.75) is 6.42 Å². The van der Waals surface area contributed by atoms with E-state index < -0.39 is 10.0 Å². The summed E-state index contributed by atoms with van der Waals surface area (Å²) in [6.07, 6.45) is 3.65. The molecule has 1 aliphatic heterocycles. The predicted octanol–water partition coefficient (Wildman–Crippen LogP) is 1.11. The minimum atomic E-state index is -3.36. The molecule has 9 heteroatoms. The molecule has 0 aliphatic carbocycles. The molecule has 0 fully saturated rings. The first-order valence-corrected chi connectivity index (χ1v) is 9.21. The lowest BCUT2D eigenvalue weighted by atomic mass is 10.0. The number of nitrogens with two attached hydrogens (primary N) is 2. The SMILES string of the molecule is CS(=O)(=O)N1CCc2cccc(-c3c[nH]c4nc(N)nc(N)c34)c21.